The van der Waals surface area contributed by atoms with Gasteiger partial charge in [0.15, 0.2) is 0 Å². The zero-order valence-corrected chi connectivity index (χ0v) is 28.6. The number of ether oxygens (including phenoxy) is 1. The largest absolute Gasteiger partial charge is 0.444 e. The van der Waals surface area contributed by atoms with Crippen LogP contribution >= 0.6 is 0 Å². The average molecular weight is 690 g/mol. The number of pyridine rings is 1. The van der Waals surface area contributed by atoms with Crippen LogP contribution in [-0.4, -0.2) is 89.9 Å². The fourth-order valence-corrected chi connectivity index (χ4v) is 6.62. The first-order valence-electron chi connectivity index (χ1n) is 15.8. The molecule has 0 unspecified atom stereocenters. The van der Waals surface area contributed by atoms with E-state index in [0.717, 1.165) is 5.56 Å². The maximum Gasteiger partial charge on any atom is 0.410 e. The van der Waals surface area contributed by atoms with E-state index in [-0.39, 0.29) is 28.8 Å². The topological polar surface area (TPSA) is 152 Å². The van der Waals surface area contributed by atoms with E-state index in [9.17, 15) is 28.1 Å². The molecular weight excluding hydrogens is 650 g/mol. The Bertz CT molecular complexity index is 1920. The van der Waals surface area contributed by atoms with Crippen LogP contribution in [0.3, 0.4) is 0 Å². The fourth-order valence-electron chi connectivity index (χ4n) is 5.53. The zero-order valence-electron chi connectivity index (χ0n) is 27.8. The van der Waals surface area contributed by atoms with Crippen LogP contribution in [0.5, 0.6) is 5.75 Å². The molecule has 4 aromatic rings. The maximum atomic E-state index is 14.0. The lowest BCUT2D eigenvalue weighted by atomic mass is 10.0. The van der Waals surface area contributed by atoms with Crippen molar-refractivity contribution in [1.82, 2.24) is 19.7 Å². The summed E-state index contributed by atoms with van der Waals surface area (Å²) in [6.07, 6.45) is 0.922. The third-order valence-corrected chi connectivity index (χ3v) is 9.31. The van der Waals surface area contributed by atoms with Crippen molar-refractivity contribution in [3.8, 4) is 5.75 Å². The minimum absolute atomic E-state index is 0.0322. The Hall–Kier alpha value is -5.08. The van der Waals surface area contributed by atoms with E-state index in [0.29, 0.717) is 49.1 Å². The molecule has 13 nitrogen and oxygen atoms in total. The quantitative estimate of drug-likeness (QED) is 0.126. The highest BCUT2D eigenvalue weighted by Crippen LogP contribution is 2.25. The fraction of sp³-hybridized carbons (Fsp3) is 0.343. The van der Waals surface area contributed by atoms with E-state index in [1.807, 2.05) is 0 Å². The predicted molar refractivity (Wildman–Crippen MR) is 182 cm³/mol. The maximum absolute atomic E-state index is 14.0. The van der Waals surface area contributed by atoms with Crippen LogP contribution in [0.1, 0.15) is 31.9 Å². The Labute approximate surface area is 285 Å². The third kappa shape index (κ3) is 8.89. The second kappa shape index (κ2) is 14.6. The number of rotatable bonds is 10. The van der Waals surface area contributed by atoms with Gasteiger partial charge in [-0.25, -0.2) is 9.78 Å². The molecule has 0 saturated carbocycles. The lowest BCUT2D eigenvalue weighted by molar-refractivity contribution is -0.384. The van der Waals surface area contributed by atoms with E-state index in [1.54, 1.807) is 80.3 Å². The number of hydrogen-bond donors (Lipinski definition) is 0. The van der Waals surface area contributed by atoms with Gasteiger partial charge >= 0.3 is 16.2 Å². The summed E-state index contributed by atoms with van der Waals surface area (Å²) in [5.74, 6) is -0.167. The van der Waals surface area contributed by atoms with Crippen LogP contribution in [0.15, 0.2) is 90.1 Å². The van der Waals surface area contributed by atoms with Gasteiger partial charge in [-0.2, -0.15) is 8.42 Å². The molecule has 0 aliphatic carbocycles. The number of carbonyl (C=O) groups excluding carboxylic acids is 2. The van der Waals surface area contributed by atoms with Crippen molar-refractivity contribution in [2.75, 3.05) is 33.2 Å². The van der Waals surface area contributed by atoms with Crippen molar-refractivity contribution in [2.45, 2.75) is 50.4 Å². The van der Waals surface area contributed by atoms with Gasteiger partial charge in [0.05, 0.1) is 4.92 Å². The number of amides is 2. The molecule has 1 atom stereocenters. The van der Waals surface area contributed by atoms with Crippen LogP contribution in [-0.2, 0) is 32.6 Å². The van der Waals surface area contributed by atoms with Crippen LogP contribution < -0.4 is 4.18 Å². The van der Waals surface area contributed by atoms with Gasteiger partial charge in [-0.3, -0.25) is 24.7 Å². The number of carbonyl (C=O) groups is 2. The minimum Gasteiger partial charge on any atom is -0.444 e. The molecule has 1 aliphatic heterocycles. The molecule has 0 bridgehead atoms. The van der Waals surface area contributed by atoms with E-state index in [1.165, 1.54) is 42.4 Å². The number of aromatic nitrogens is 1. The standard InChI is InChI=1S/C35H39N5O8S/c1-35(2,3)47-34(42)37(4)31(33(41)39-21-19-38(20-22-39)24-26-9-13-28(14-10-26)40(43)44)23-25-11-15-29(16-12-25)48-49(45,46)32-30-8-6-5-7-27(30)17-18-36-32/h5-18,31H,19-24H2,1-4H3/t31-/m0/s1. The van der Waals surface area contributed by atoms with Crippen molar-refractivity contribution in [1.29, 1.82) is 0 Å². The Kier molecular flexibility index (Phi) is 10.5. The van der Waals surface area contributed by atoms with E-state index in [2.05, 4.69) is 9.88 Å². The van der Waals surface area contributed by atoms with Gasteiger partial charge < -0.3 is 13.8 Å². The molecule has 2 heterocycles. The molecule has 0 radical (unpaired) electrons. The van der Waals surface area contributed by atoms with Crippen molar-refractivity contribution in [3.63, 3.8) is 0 Å². The van der Waals surface area contributed by atoms with E-state index >= 15 is 0 Å². The Morgan fingerprint density at radius 1 is 0.939 bits per heavy atom. The molecule has 5 rings (SSSR count). The molecule has 3 aromatic carbocycles. The summed E-state index contributed by atoms with van der Waals surface area (Å²) < 4.78 is 37.3. The zero-order chi connectivity index (χ0) is 35.3. The highest BCUT2D eigenvalue weighted by atomic mass is 32.2. The number of fused-ring (bicyclic) bond motifs is 1. The predicted octanol–water partition coefficient (Wildman–Crippen LogP) is 5.03. The number of non-ortho nitro benzene ring substituents is 1. The van der Waals surface area contributed by atoms with Gasteiger partial charge in [0.1, 0.15) is 17.4 Å². The van der Waals surface area contributed by atoms with Gasteiger partial charge in [0.25, 0.3) is 5.69 Å². The molecule has 0 N–H and O–H groups in total. The number of likely N-dealkylation sites (N-methyl/N-ethyl adjacent to an activating group) is 1. The highest BCUT2D eigenvalue weighted by molar-refractivity contribution is 7.87. The molecule has 1 fully saturated rings. The van der Waals surface area contributed by atoms with E-state index in [4.69, 9.17) is 8.92 Å². The number of nitrogens with zero attached hydrogens (tertiary/aromatic N) is 5. The molecule has 258 valence electrons. The molecule has 0 spiro atoms. The van der Waals surface area contributed by atoms with Crippen molar-refractivity contribution >= 4 is 38.6 Å². The Morgan fingerprint density at radius 3 is 2.20 bits per heavy atom. The number of nitro groups is 1. The number of piperazine rings is 1. The summed E-state index contributed by atoms with van der Waals surface area (Å²) in [5, 5.41) is 11.9. The van der Waals surface area contributed by atoms with Gasteiger partial charge in [0, 0.05) is 69.9 Å². The number of nitro benzene ring substituents is 1. The molecule has 14 heteroatoms. The van der Waals surface area contributed by atoms with Crippen LogP contribution in [0.4, 0.5) is 10.5 Å². The first-order chi connectivity index (χ1) is 23.2. The van der Waals surface area contributed by atoms with Gasteiger partial charge in [0.2, 0.25) is 10.9 Å². The lowest BCUT2D eigenvalue weighted by Gasteiger charge is -2.38. The Morgan fingerprint density at radius 2 is 1.57 bits per heavy atom. The molecule has 1 saturated heterocycles. The molecule has 1 aliphatic rings. The lowest BCUT2D eigenvalue weighted by Crippen LogP contribution is -2.56. The summed E-state index contributed by atoms with van der Waals surface area (Å²) in [6, 6.07) is 20.6. The number of hydrogen-bond acceptors (Lipinski definition) is 10. The summed E-state index contributed by atoms with van der Waals surface area (Å²) in [7, 11) is -2.72. The van der Waals surface area contributed by atoms with Gasteiger partial charge in [-0.1, -0.05) is 48.5 Å². The normalized spacial score (nSPS) is 14.7. The smallest absolute Gasteiger partial charge is 0.410 e. The Balaban J connectivity index is 1.28. The summed E-state index contributed by atoms with van der Waals surface area (Å²) in [4.78, 5) is 46.9. The first kappa shape index (κ1) is 35.2. The van der Waals surface area contributed by atoms with Crippen molar-refractivity contribution in [2.24, 2.45) is 0 Å². The second-order valence-corrected chi connectivity index (χ2v) is 14.3. The second-order valence-electron chi connectivity index (χ2n) is 12.9. The monoisotopic (exact) mass is 689 g/mol. The molecule has 1 aromatic heterocycles. The highest BCUT2D eigenvalue weighted by Gasteiger charge is 2.34. The summed E-state index contributed by atoms with van der Waals surface area (Å²) in [5.41, 5.74) is 0.871. The number of benzene rings is 3. The van der Waals surface area contributed by atoms with E-state index < -0.39 is 32.8 Å². The van der Waals surface area contributed by atoms with Crippen LogP contribution in [0, 0.1) is 10.1 Å². The third-order valence-electron chi connectivity index (χ3n) is 8.10. The first-order valence-corrected chi connectivity index (χ1v) is 17.2. The van der Waals surface area contributed by atoms with Crippen molar-refractivity contribution in [3.05, 3.63) is 106 Å². The molecule has 49 heavy (non-hydrogen) atoms. The molecule has 2 amide bonds. The van der Waals surface area contributed by atoms with Crippen LogP contribution in [0.25, 0.3) is 10.8 Å². The minimum atomic E-state index is -4.25. The van der Waals surface area contributed by atoms with Crippen molar-refractivity contribution < 1.29 is 31.9 Å². The van der Waals surface area contributed by atoms with Crippen LogP contribution in [0.2, 0.25) is 0 Å². The summed E-state index contributed by atoms with van der Waals surface area (Å²) in [6.45, 7) is 7.85. The van der Waals surface area contributed by atoms with Gasteiger partial charge in [-0.05, 0) is 55.5 Å². The molecular formula is C35H39N5O8S. The van der Waals surface area contributed by atoms with Gasteiger partial charge in [-0.15, -0.1) is 0 Å². The average Bonchev–Trinajstić information content (AvgIpc) is 3.06. The SMILES string of the molecule is CN(C(=O)OC(C)(C)C)[C@@H](Cc1ccc(OS(=O)(=O)c2nccc3ccccc23)cc1)C(=O)N1CCN(Cc2ccc([N+](=O)[O-])cc2)CC1. The summed E-state index contributed by atoms with van der Waals surface area (Å²) >= 11 is 0.